The predicted molar refractivity (Wildman–Crippen MR) is 123 cm³/mol. The van der Waals surface area contributed by atoms with Crippen molar-refractivity contribution >= 4 is 56.5 Å². The maximum atomic E-state index is 12.4. The zero-order valence-corrected chi connectivity index (χ0v) is 18.5. The number of anilines is 2. The molecule has 29 heavy (non-hydrogen) atoms. The molecule has 0 spiro atoms. The second-order valence-electron chi connectivity index (χ2n) is 6.48. The largest absolute Gasteiger partial charge is 0.325 e. The van der Waals surface area contributed by atoms with Crippen molar-refractivity contribution in [2.24, 2.45) is 0 Å². The van der Waals surface area contributed by atoms with Crippen LogP contribution in [0.25, 0.3) is 0 Å². The first kappa shape index (κ1) is 21.5. The van der Waals surface area contributed by atoms with Crippen LogP contribution in [0.1, 0.15) is 48.7 Å². The Labute approximate surface area is 181 Å². The summed E-state index contributed by atoms with van der Waals surface area (Å²) >= 11 is 7.51. The molecule has 0 bridgehead atoms. The summed E-state index contributed by atoms with van der Waals surface area (Å²) in [5, 5.41) is 10.2. The van der Waals surface area contributed by atoms with E-state index in [1.54, 1.807) is 12.3 Å². The number of thiazole rings is 1. The van der Waals surface area contributed by atoms with Crippen molar-refractivity contribution in [1.29, 1.82) is 0 Å². The molecule has 0 aromatic carbocycles. The molecule has 154 valence electrons. The lowest BCUT2D eigenvalue weighted by Crippen LogP contribution is -2.21. The average molecular weight is 451 g/mol. The number of amides is 2. The van der Waals surface area contributed by atoms with Gasteiger partial charge < -0.3 is 5.32 Å². The van der Waals surface area contributed by atoms with Gasteiger partial charge in [0.25, 0.3) is 0 Å². The van der Waals surface area contributed by atoms with E-state index in [1.165, 1.54) is 17.5 Å². The van der Waals surface area contributed by atoms with Crippen LogP contribution < -0.4 is 10.6 Å². The number of hydrogen-bond acceptors (Lipinski definition) is 5. The lowest BCUT2D eigenvalue weighted by Gasteiger charge is -2.10. The van der Waals surface area contributed by atoms with Gasteiger partial charge >= 0.3 is 6.03 Å². The smallest absolute Gasteiger partial charge is 0.307 e. The molecule has 0 unspecified atom stereocenters. The maximum absolute atomic E-state index is 12.4. The van der Waals surface area contributed by atoms with E-state index in [0.717, 1.165) is 30.7 Å². The van der Waals surface area contributed by atoms with Crippen molar-refractivity contribution < 1.29 is 9.59 Å². The summed E-state index contributed by atoms with van der Waals surface area (Å²) in [6, 6.07) is 1.15. The van der Waals surface area contributed by atoms with Crippen molar-refractivity contribution in [2.45, 2.75) is 38.4 Å². The minimum atomic E-state index is -0.470. The molecule has 2 N–H and O–H groups in total. The minimum Gasteiger partial charge on any atom is -0.307 e. The van der Waals surface area contributed by atoms with Crippen molar-refractivity contribution in [3.63, 3.8) is 0 Å². The number of urea groups is 1. The standard InChI is InChI=1S/C20H23ClN4O2S2/c1-2-3-4-7-17(26)14-12-22-9-8-15(14)23-19(27)25-20-24-16(18(21)28-20)13-29-10-5-6-11-29/h5-6,8-12,29H,2-4,7,13H2,1H3,(H2,22,23,24,25,27). The van der Waals surface area contributed by atoms with Gasteiger partial charge in [0, 0.05) is 24.6 Å². The van der Waals surface area contributed by atoms with Crippen molar-refractivity contribution in [3.05, 3.63) is 57.0 Å². The fourth-order valence-corrected chi connectivity index (χ4v) is 5.54. The highest BCUT2D eigenvalue weighted by Gasteiger charge is 2.16. The summed E-state index contributed by atoms with van der Waals surface area (Å²) < 4.78 is 0.576. The Hall–Kier alpha value is -2.16. The van der Waals surface area contributed by atoms with Gasteiger partial charge in [-0.05, 0) is 23.3 Å². The number of allylic oxidation sites excluding steroid dienone is 2. The maximum Gasteiger partial charge on any atom is 0.325 e. The summed E-state index contributed by atoms with van der Waals surface area (Å²) in [5.74, 6) is 0.725. The molecule has 2 aromatic rings. The van der Waals surface area contributed by atoms with Crippen molar-refractivity contribution in [2.75, 3.05) is 10.6 Å². The van der Waals surface area contributed by atoms with Gasteiger partial charge in [-0.2, -0.15) is 0 Å². The second-order valence-corrected chi connectivity index (χ2v) is 10.0. The number of aromatic nitrogens is 2. The van der Waals surface area contributed by atoms with Crippen LogP contribution in [0.5, 0.6) is 0 Å². The van der Waals surface area contributed by atoms with Crippen LogP contribution in [-0.2, 0) is 5.75 Å². The number of Topliss-reactive ketones (excluding diaryl/α,β-unsaturated/α-hetero) is 1. The van der Waals surface area contributed by atoms with Crippen LogP contribution in [0.15, 0.2) is 41.4 Å². The summed E-state index contributed by atoms with van der Waals surface area (Å²) in [4.78, 5) is 33.3. The number of nitrogens with one attached hydrogen (secondary N) is 2. The van der Waals surface area contributed by atoms with Gasteiger partial charge in [0.1, 0.15) is 4.34 Å². The Bertz CT molecular complexity index is 930. The van der Waals surface area contributed by atoms with E-state index in [-0.39, 0.29) is 16.7 Å². The quantitative estimate of drug-likeness (QED) is 0.243. The van der Waals surface area contributed by atoms with Crippen molar-refractivity contribution in [3.8, 4) is 0 Å². The highest BCUT2D eigenvalue weighted by molar-refractivity contribution is 8.21. The zero-order valence-electron chi connectivity index (χ0n) is 16.0. The molecule has 0 aliphatic carbocycles. The number of pyridine rings is 1. The highest BCUT2D eigenvalue weighted by Crippen LogP contribution is 2.40. The third kappa shape index (κ3) is 6.16. The van der Waals surface area contributed by atoms with Gasteiger partial charge in [-0.25, -0.2) is 20.7 Å². The number of ketones is 1. The van der Waals surface area contributed by atoms with E-state index in [2.05, 4.69) is 38.3 Å². The Kier molecular flexibility index (Phi) is 7.85. The lowest BCUT2D eigenvalue weighted by atomic mass is 10.1. The molecule has 3 heterocycles. The molecule has 0 saturated carbocycles. The lowest BCUT2D eigenvalue weighted by molar-refractivity contribution is 0.0980. The first-order chi connectivity index (χ1) is 14.1. The number of thiol groups is 1. The number of unbranched alkanes of at least 4 members (excludes halogenated alkanes) is 2. The van der Waals surface area contributed by atoms with E-state index in [1.807, 2.05) is 12.2 Å². The Balaban J connectivity index is 1.62. The van der Waals surface area contributed by atoms with E-state index >= 15 is 0 Å². The number of carbonyl (C=O) groups is 2. The molecule has 2 amide bonds. The number of hydrogen-bond donors (Lipinski definition) is 3. The zero-order chi connectivity index (χ0) is 20.6. The topological polar surface area (TPSA) is 84.0 Å². The molecule has 3 rings (SSSR count). The highest BCUT2D eigenvalue weighted by atomic mass is 35.5. The van der Waals surface area contributed by atoms with Crippen LogP contribution in [0.3, 0.4) is 0 Å². The molecule has 1 aliphatic rings. The Morgan fingerprint density at radius 3 is 2.76 bits per heavy atom. The van der Waals surface area contributed by atoms with E-state index in [4.69, 9.17) is 11.6 Å². The third-order valence-electron chi connectivity index (χ3n) is 4.25. The van der Waals surface area contributed by atoms with Crippen LogP contribution in [0, 0.1) is 0 Å². The Morgan fingerprint density at radius 2 is 2.00 bits per heavy atom. The molecule has 0 saturated heterocycles. The molecule has 0 atom stereocenters. The van der Waals surface area contributed by atoms with Crippen LogP contribution in [-0.4, -0.2) is 21.8 Å². The first-order valence-corrected chi connectivity index (χ1v) is 12.2. The first-order valence-electron chi connectivity index (χ1n) is 9.38. The van der Waals surface area contributed by atoms with Gasteiger partial charge in [0.05, 0.1) is 16.9 Å². The Morgan fingerprint density at radius 1 is 1.21 bits per heavy atom. The summed E-state index contributed by atoms with van der Waals surface area (Å²) in [6.07, 6.45) is 10.4. The molecule has 0 radical (unpaired) electrons. The van der Waals surface area contributed by atoms with Gasteiger partial charge in [-0.3, -0.25) is 15.1 Å². The minimum absolute atomic E-state index is 0.0265. The van der Waals surface area contributed by atoms with Gasteiger partial charge in [-0.15, -0.1) is 0 Å². The molecule has 6 nitrogen and oxygen atoms in total. The monoisotopic (exact) mass is 450 g/mol. The molecule has 9 heteroatoms. The summed E-state index contributed by atoms with van der Waals surface area (Å²) in [6.45, 7) is 2.09. The van der Waals surface area contributed by atoms with E-state index < -0.39 is 6.03 Å². The van der Waals surface area contributed by atoms with Gasteiger partial charge in [-0.1, -0.05) is 54.9 Å². The number of rotatable bonds is 9. The molecule has 2 aromatic heterocycles. The third-order valence-corrected chi connectivity index (χ3v) is 7.27. The van der Waals surface area contributed by atoms with E-state index in [0.29, 0.717) is 27.1 Å². The molecular formula is C20H23ClN4O2S2. The molecule has 1 aliphatic heterocycles. The summed E-state index contributed by atoms with van der Waals surface area (Å²) in [7, 11) is -0.377. The molecule has 0 fully saturated rings. The average Bonchev–Trinajstić information content (AvgIpc) is 3.32. The normalized spacial score (nSPS) is 13.7. The fraction of sp³-hybridized carbons (Fsp3) is 0.300. The van der Waals surface area contributed by atoms with E-state index in [9.17, 15) is 9.59 Å². The molecular weight excluding hydrogens is 428 g/mol. The van der Waals surface area contributed by atoms with Crippen LogP contribution in [0.4, 0.5) is 15.6 Å². The van der Waals surface area contributed by atoms with Crippen LogP contribution >= 0.6 is 33.8 Å². The second kappa shape index (κ2) is 10.6. The number of nitrogens with zero attached hydrogens (tertiary/aromatic N) is 2. The van der Waals surface area contributed by atoms with Gasteiger partial charge in [0.15, 0.2) is 10.9 Å². The predicted octanol–water partition coefficient (Wildman–Crippen LogP) is 6.14. The number of halogens is 1. The van der Waals surface area contributed by atoms with Crippen molar-refractivity contribution in [1.82, 2.24) is 9.97 Å². The fourth-order valence-electron chi connectivity index (χ4n) is 2.78. The summed E-state index contributed by atoms with van der Waals surface area (Å²) in [5.41, 5.74) is 1.63. The SMILES string of the molecule is CCCCCC(=O)c1cnccc1NC(=O)Nc1nc(C[SH]2C=CC=C2)c(Cl)s1. The number of carbonyl (C=O) groups excluding carboxylic acids is 2. The van der Waals surface area contributed by atoms with Crippen LogP contribution in [0.2, 0.25) is 4.34 Å². The van der Waals surface area contributed by atoms with Gasteiger partial charge in [0.2, 0.25) is 0 Å².